The Kier molecular flexibility index (Phi) is 3.42. The third-order valence-electron chi connectivity index (χ3n) is 3.15. The highest BCUT2D eigenvalue weighted by Gasteiger charge is 2.22. The van der Waals surface area contributed by atoms with Crippen molar-refractivity contribution in [2.45, 2.75) is 24.5 Å². The Morgan fingerprint density at radius 1 is 1.37 bits per heavy atom. The van der Waals surface area contributed by atoms with Gasteiger partial charge in [0.25, 0.3) is 5.89 Å². The summed E-state index contributed by atoms with van der Waals surface area (Å²) in [4.78, 5) is 4.39. The van der Waals surface area contributed by atoms with Crippen molar-refractivity contribution in [3.8, 4) is 11.5 Å². The molecule has 4 nitrogen and oxygen atoms in total. The van der Waals surface area contributed by atoms with Crippen LogP contribution in [0.2, 0.25) is 0 Å². The summed E-state index contributed by atoms with van der Waals surface area (Å²) in [5.74, 6) is 1.83. The summed E-state index contributed by atoms with van der Waals surface area (Å²) in [6, 6.07) is 4.16. The summed E-state index contributed by atoms with van der Waals surface area (Å²) >= 11 is 1.86. The number of nitrogens with zero attached hydrogens (tertiary/aromatic N) is 2. The Labute approximate surface area is 114 Å². The van der Waals surface area contributed by atoms with Gasteiger partial charge in [0, 0.05) is 5.69 Å². The fraction of sp³-hybridized carbons (Fsp3) is 0.385. The van der Waals surface area contributed by atoms with Gasteiger partial charge >= 0.3 is 0 Å². The summed E-state index contributed by atoms with van der Waals surface area (Å²) < 4.78 is 18.3. The van der Waals surface area contributed by atoms with E-state index in [-0.39, 0.29) is 5.82 Å². The number of rotatable bonds is 2. The molecule has 2 N–H and O–H groups in total. The summed E-state index contributed by atoms with van der Waals surface area (Å²) in [6.45, 7) is 0. The highest BCUT2D eigenvalue weighted by atomic mass is 32.2. The van der Waals surface area contributed by atoms with Crippen molar-refractivity contribution in [3.63, 3.8) is 0 Å². The Morgan fingerprint density at radius 3 is 3.00 bits per heavy atom. The molecule has 0 saturated carbocycles. The molecule has 2 heterocycles. The highest BCUT2D eigenvalue weighted by Crippen LogP contribution is 2.37. The van der Waals surface area contributed by atoms with Crippen molar-refractivity contribution in [1.82, 2.24) is 10.1 Å². The molecular weight excluding hydrogens is 265 g/mol. The molecule has 1 fully saturated rings. The Morgan fingerprint density at radius 2 is 2.26 bits per heavy atom. The van der Waals surface area contributed by atoms with E-state index in [1.807, 2.05) is 11.8 Å². The number of aromatic nitrogens is 2. The van der Waals surface area contributed by atoms with Gasteiger partial charge in [-0.15, -0.1) is 0 Å². The number of hydrogen-bond acceptors (Lipinski definition) is 5. The molecule has 1 unspecified atom stereocenters. The lowest BCUT2D eigenvalue weighted by Crippen LogP contribution is -2.03. The van der Waals surface area contributed by atoms with Gasteiger partial charge in [0.15, 0.2) is 5.82 Å². The van der Waals surface area contributed by atoms with E-state index in [9.17, 15) is 4.39 Å². The number of thioether (sulfide) groups is 1. The number of anilines is 1. The molecule has 0 aliphatic carbocycles. The molecule has 1 aliphatic rings. The zero-order chi connectivity index (χ0) is 13.2. The van der Waals surface area contributed by atoms with E-state index in [4.69, 9.17) is 10.3 Å². The van der Waals surface area contributed by atoms with Gasteiger partial charge in [0.2, 0.25) is 0 Å². The minimum Gasteiger partial charge on any atom is -0.398 e. The molecule has 1 aliphatic heterocycles. The van der Waals surface area contributed by atoms with Gasteiger partial charge in [-0.1, -0.05) is 11.6 Å². The van der Waals surface area contributed by atoms with Gasteiger partial charge in [0.1, 0.15) is 5.82 Å². The fourth-order valence-electron chi connectivity index (χ4n) is 2.15. The maximum absolute atomic E-state index is 13.0. The molecule has 1 saturated heterocycles. The van der Waals surface area contributed by atoms with E-state index >= 15 is 0 Å². The van der Waals surface area contributed by atoms with Crippen LogP contribution in [-0.2, 0) is 0 Å². The maximum atomic E-state index is 13.0. The zero-order valence-electron chi connectivity index (χ0n) is 10.3. The van der Waals surface area contributed by atoms with Crippen LogP contribution in [0.1, 0.15) is 30.3 Å². The largest absolute Gasteiger partial charge is 0.398 e. The van der Waals surface area contributed by atoms with Gasteiger partial charge < -0.3 is 10.3 Å². The number of halogens is 1. The molecular formula is C13H14FN3OS. The third-order valence-corrected chi connectivity index (χ3v) is 4.53. The monoisotopic (exact) mass is 279 g/mol. The van der Waals surface area contributed by atoms with Crippen LogP contribution in [0.3, 0.4) is 0 Å². The summed E-state index contributed by atoms with van der Waals surface area (Å²) in [6.07, 6.45) is 3.51. The Balaban J connectivity index is 1.87. The van der Waals surface area contributed by atoms with Crippen LogP contribution >= 0.6 is 11.8 Å². The maximum Gasteiger partial charge on any atom is 0.260 e. The minimum absolute atomic E-state index is 0.299. The van der Waals surface area contributed by atoms with Crippen LogP contribution in [0, 0.1) is 5.82 Å². The molecule has 3 rings (SSSR count). The van der Waals surface area contributed by atoms with Crippen molar-refractivity contribution in [2.75, 3.05) is 11.5 Å². The molecule has 0 radical (unpaired) electrons. The average molecular weight is 279 g/mol. The van der Waals surface area contributed by atoms with Crippen molar-refractivity contribution < 1.29 is 8.91 Å². The average Bonchev–Trinajstić information content (AvgIpc) is 2.89. The van der Waals surface area contributed by atoms with E-state index in [1.54, 1.807) is 6.07 Å². The predicted molar refractivity (Wildman–Crippen MR) is 73.2 cm³/mol. The van der Waals surface area contributed by atoms with Crippen LogP contribution in [-0.4, -0.2) is 15.9 Å². The van der Waals surface area contributed by atoms with Crippen LogP contribution in [0.25, 0.3) is 11.5 Å². The van der Waals surface area contributed by atoms with E-state index in [1.165, 1.54) is 25.0 Å². The van der Waals surface area contributed by atoms with E-state index in [0.717, 1.165) is 12.2 Å². The second-order valence-electron chi connectivity index (χ2n) is 4.54. The summed E-state index contributed by atoms with van der Waals surface area (Å²) in [5, 5.41) is 4.32. The first-order valence-electron chi connectivity index (χ1n) is 6.24. The lowest BCUT2D eigenvalue weighted by atomic mass is 10.1. The number of nitrogens with two attached hydrogens (primary N) is 1. The first-order chi connectivity index (χ1) is 9.24. The fourth-order valence-corrected chi connectivity index (χ4v) is 3.38. The first-order valence-corrected chi connectivity index (χ1v) is 7.29. The molecule has 1 atom stereocenters. The van der Waals surface area contributed by atoms with Crippen LogP contribution in [0.5, 0.6) is 0 Å². The first kappa shape index (κ1) is 12.5. The topological polar surface area (TPSA) is 64.9 Å². The summed E-state index contributed by atoms with van der Waals surface area (Å²) in [5.41, 5.74) is 6.66. The Hall–Kier alpha value is -1.56. The number of hydrogen-bond donors (Lipinski definition) is 1. The van der Waals surface area contributed by atoms with Crippen LogP contribution in [0.15, 0.2) is 22.7 Å². The lowest BCUT2D eigenvalue weighted by Gasteiger charge is -2.17. The van der Waals surface area contributed by atoms with E-state index in [2.05, 4.69) is 10.1 Å². The third kappa shape index (κ3) is 2.58. The summed E-state index contributed by atoms with van der Waals surface area (Å²) in [7, 11) is 0. The van der Waals surface area contributed by atoms with Crippen molar-refractivity contribution in [3.05, 3.63) is 29.8 Å². The van der Waals surface area contributed by atoms with Crippen molar-refractivity contribution >= 4 is 17.4 Å². The molecule has 1 aromatic carbocycles. The molecule has 2 aromatic rings. The molecule has 0 spiro atoms. The second-order valence-corrected chi connectivity index (χ2v) is 5.86. The normalized spacial score (nSPS) is 19.5. The van der Waals surface area contributed by atoms with Gasteiger partial charge in [-0.25, -0.2) is 4.39 Å². The predicted octanol–water partition coefficient (Wildman–Crippen LogP) is 3.42. The number of benzene rings is 1. The van der Waals surface area contributed by atoms with Gasteiger partial charge in [-0.2, -0.15) is 16.7 Å². The minimum atomic E-state index is -0.371. The second kappa shape index (κ2) is 5.21. The van der Waals surface area contributed by atoms with Crippen LogP contribution in [0.4, 0.5) is 10.1 Å². The molecule has 6 heteroatoms. The van der Waals surface area contributed by atoms with E-state index in [0.29, 0.717) is 28.2 Å². The zero-order valence-corrected chi connectivity index (χ0v) is 11.1. The van der Waals surface area contributed by atoms with Crippen molar-refractivity contribution in [2.24, 2.45) is 0 Å². The smallest absolute Gasteiger partial charge is 0.260 e. The lowest BCUT2D eigenvalue weighted by molar-refractivity contribution is 0.420. The Bertz CT molecular complexity index is 581. The number of nitrogen functional groups attached to an aromatic ring is 1. The molecule has 100 valence electrons. The highest BCUT2D eigenvalue weighted by molar-refractivity contribution is 7.99. The molecule has 0 amide bonds. The van der Waals surface area contributed by atoms with Gasteiger partial charge in [-0.3, -0.25) is 0 Å². The quantitative estimate of drug-likeness (QED) is 0.853. The standard InChI is InChI=1S/C13H14FN3OS/c14-8-4-5-9(10(15)7-8)13-16-12(17-18-13)11-3-1-2-6-19-11/h4-5,7,11H,1-3,6,15H2. The molecule has 0 bridgehead atoms. The van der Waals surface area contributed by atoms with Crippen LogP contribution < -0.4 is 5.73 Å². The van der Waals surface area contributed by atoms with Gasteiger partial charge in [-0.05, 0) is 36.8 Å². The molecule has 19 heavy (non-hydrogen) atoms. The van der Waals surface area contributed by atoms with Crippen molar-refractivity contribution in [1.29, 1.82) is 0 Å². The van der Waals surface area contributed by atoms with E-state index < -0.39 is 0 Å². The van der Waals surface area contributed by atoms with Gasteiger partial charge in [0.05, 0.1) is 10.8 Å². The molecule has 1 aromatic heterocycles. The SMILES string of the molecule is Nc1cc(F)ccc1-c1nc(C2CCCCS2)no1.